The van der Waals surface area contributed by atoms with E-state index >= 15 is 0 Å². The van der Waals surface area contributed by atoms with Gasteiger partial charge >= 0.3 is 0 Å². The Balaban J connectivity index is 1.81. The van der Waals surface area contributed by atoms with Crippen LogP contribution in [0.15, 0.2) is 23.9 Å². The van der Waals surface area contributed by atoms with Crippen molar-refractivity contribution in [1.82, 2.24) is 4.90 Å². The van der Waals surface area contributed by atoms with E-state index in [1.807, 2.05) is 13.8 Å². The molecule has 0 saturated carbocycles. The first-order valence-corrected chi connectivity index (χ1v) is 7.83. The second kappa shape index (κ2) is 5.13. The summed E-state index contributed by atoms with van der Waals surface area (Å²) >= 11 is 0. The molecule has 1 spiro atoms. The Hall–Kier alpha value is -2.24. The van der Waals surface area contributed by atoms with Gasteiger partial charge in [-0.15, -0.1) is 0 Å². The summed E-state index contributed by atoms with van der Waals surface area (Å²) in [6, 6.07) is 1.97. The first kappa shape index (κ1) is 16.6. The lowest BCUT2D eigenvalue weighted by atomic mass is 9.62. The summed E-state index contributed by atoms with van der Waals surface area (Å²) in [4.78, 5) is 26.0. The molecule has 4 nitrogen and oxygen atoms in total. The van der Waals surface area contributed by atoms with Crippen molar-refractivity contribution in [2.45, 2.75) is 27.2 Å². The number of allylic oxidation sites excluding steroid dienone is 1. The Kier molecular flexibility index (Phi) is 3.55. The van der Waals surface area contributed by atoms with Gasteiger partial charge < -0.3 is 10.6 Å². The number of Topliss-reactive ketones (excluding diaryl/α,β-unsaturated/α-hetero) is 1. The number of nitrogens with zero attached hydrogens (tertiary/aromatic N) is 1. The van der Waals surface area contributed by atoms with Crippen LogP contribution < -0.4 is 5.73 Å². The van der Waals surface area contributed by atoms with E-state index in [2.05, 4.69) is 0 Å². The molecule has 1 aromatic rings. The van der Waals surface area contributed by atoms with Crippen LogP contribution in [0, 0.1) is 29.4 Å². The van der Waals surface area contributed by atoms with Gasteiger partial charge in [0.2, 0.25) is 0 Å². The molecule has 1 amide bonds. The van der Waals surface area contributed by atoms with Gasteiger partial charge in [-0.3, -0.25) is 9.59 Å². The number of hydrogen-bond donors (Lipinski definition) is 1. The second-order valence-corrected chi connectivity index (χ2v) is 7.59. The molecule has 1 aliphatic carbocycles. The molecule has 0 bridgehead atoms. The quantitative estimate of drug-likeness (QED) is 0.858. The first-order valence-electron chi connectivity index (χ1n) is 7.83. The third-order valence-electron chi connectivity index (χ3n) is 4.91. The molecule has 0 unspecified atom stereocenters. The number of rotatable bonds is 1. The van der Waals surface area contributed by atoms with E-state index in [-0.39, 0.29) is 28.0 Å². The zero-order chi connectivity index (χ0) is 17.9. The smallest absolute Gasteiger partial charge is 0.256 e. The highest BCUT2D eigenvalue weighted by Gasteiger charge is 2.52. The zero-order valence-electron chi connectivity index (χ0n) is 14.0. The van der Waals surface area contributed by atoms with Crippen LogP contribution in [0.2, 0.25) is 0 Å². The van der Waals surface area contributed by atoms with Crippen LogP contribution in [0.25, 0.3) is 0 Å². The number of halogens is 2. The minimum absolute atomic E-state index is 0.0930. The van der Waals surface area contributed by atoms with Crippen molar-refractivity contribution < 1.29 is 18.4 Å². The van der Waals surface area contributed by atoms with E-state index in [4.69, 9.17) is 5.73 Å². The van der Waals surface area contributed by atoms with Gasteiger partial charge in [-0.1, -0.05) is 13.8 Å². The van der Waals surface area contributed by atoms with Gasteiger partial charge in [-0.05, 0) is 37.1 Å². The summed E-state index contributed by atoms with van der Waals surface area (Å²) in [5.41, 5.74) is 4.98. The first-order chi connectivity index (χ1) is 11.0. The molecule has 128 valence electrons. The highest BCUT2D eigenvalue weighted by atomic mass is 19.1. The van der Waals surface area contributed by atoms with Gasteiger partial charge in [0.15, 0.2) is 5.78 Å². The molecular weight excluding hydrogens is 314 g/mol. The highest BCUT2D eigenvalue weighted by Crippen LogP contribution is 2.47. The Labute approximate surface area is 139 Å². The molecule has 3 rings (SSSR count). The van der Waals surface area contributed by atoms with Crippen LogP contribution in [-0.2, 0) is 4.79 Å². The molecule has 1 saturated heterocycles. The average molecular weight is 334 g/mol. The van der Waals surface area contributed by atoms with E-state index in [0.29, 0.717) is 19.5 Å². The summed E-state index contributed by atoms with van der Waals surface area (Å²) in [6.45, 7) is 5.79. The van der Waals surface area contributed by atoms with Gasteiger partial charge in [0.25, 0.3) is 5.91 Å². The number of likely N-dealkylation sites (tertiary alicyclic amines) is 1. The van der Waals surface area contributed by atoms with Crippen LogP contribution in [-0.4, -0.2) is 29.7 Å². The fourth-order valence-electron chi connectivity index (χ4n) is 3.84. The molecule has 1 aromatic carbocycles. The molecule has 2 aliphatic rings. The summed E-state index contributed by atoms with van der Waals surface area (Å²) < 4.78 is 27.6. The van der Waals surface area contributed by atoms with Crippen LogP contribution in [0.5, 0.6) is 0 Å². The topological polar surface area (TPSA) is 63.4 Å². The van der Waals surface area contributed by atoms with Gasteiger partial charge in [0.05, 0.1) is 11.3 Å². The minimum atomic E-state index is -0.728. The molecular formula is C18H20F2N2O2. The standard InChI is InChI=1S/C18H20F2N2O2/c1-10-4-13(20)11(5-12(10)19)16(24)22-8-18(9-22)6-14(21)15(23)17(2,3)7-18/h4-6H,7-9,21H2,1-3H3. The van der Waals surface area contributed by atoms with E-state index < -0.39 is 23.0 Å². The number of carbonyl (C=O) groups excluding carboxylic acids is 2. The fourth-order valence-corrected chi connectivity index (χ4v) is 3.84. The van der Waals surface area contributed by atoms with E-state index in [9.17, 15) is 18.4 Å². The number of benzene rings is 1. The predicted molar refractivity (Wildman–Crippen MR) is 85.1 cm³/mol. The second-order valence-electron chi connectivity index (χ2n) is 7.59. The summed E-state index contributed by atoms with van der Waals surface area (Å²) in [7, 11) is 0. The number of amides is 1. The Morgan fingerprint density at radius 1 is 1.21 bits per heavy atom. The number of ketones is 1. The van der Waals surface area contributed by atoms with Crippen LogP contribution in [0.1, 0.15) is 36.2 Å². The normalized spacial score (nSPS) is 21.5. The summed E-state index contributed by atoms with van der Waals surface area (Å²) in [5, 5.41) is 0. The van der Waals surface area contributed by atoms with Crippen molar-refractivity contribution in [2.24, 2.45) is 16.6 Å². The van der Waals surface area contributed by atoms with Gasteiger partial charge in [-0.25, -0.2) is 8.78 Å². The molecule has 2 N–H and O–H groups in total. The zero-order valence-corrected chi connectivity index (χ0v) is 14.0. The maximum absolute atomic E-state index is 14.0. The van der Waals surface area contributed by atoms with Crippen molar-refractivity contribution in [3.8, 4) is 0 Å². The third kappa shape index (κ3) is 2.50. The monoisotopic (exact) mass is 334 g/mol. The van der Waals surface area contributed by atoms with Crippen molar-refractivity contribution >= 4 is 11.7 Å². The van der Waals surface area contributed by atoms with E-state index in [0.717, 1.165) is 12.1 Å². The van der Waals surface area contributed by atoms with Crippen molar-refractivity contribution in [3.63, 3.8) is 0 Å². The number of nitrogens with two attached hydrogens (primary N) is 1. The minimum Gasteiger partial charge on any atom is -0.396 e. The van der Waals surface area contributed by atoms with Gasteiger partial charge in [0, 0.05) is 23.9 Å². The number of aryl methyl sites for hydroxylation is 1. The average Bonchev–Trinajstić information content (AvgIpc) is 2.44. The van der Waals surface area contributed by atoms with Crippen molar-refractivity contribution in [3.05, 3.63) is 46.7 Å². The molecule has 1 aliphatic heterocycles. The van der Waals surface area contributed by atoms with Crippen LogP contribution in [0.4, 0.5) is 8.78 Å². The lowest BCUT2D eigenvalue weighted by Crippen LogP contribution is -2.61. The molecule has 1 fully saturated rings. The third-order valence-corrected chi connectivity index (χ3v) is 4.91. The fraction of sp³-hybridized carbons (Fsp3) is 0.444. The molecule has 1 heterocycles. The molecule has 0 aromatic heterocycles. The SMILES string of the molecule is Cc1cc(F)c(C(=O)N2CC3(C=C(N)C(=O)C(C)(C)C3)C2)cc1F. The maximum atomic E-state index is 14.0. The largest absolute Gasteiger partial charge is 0.396 e. The highest BCUT2D eigenvalue weighted by molar-refractivity contribution is 6.00. The number of carbonyl (C=O) groups is 2. The molecule has 0 atom stereocenters. The Bertz CT molecular complexity index is 777. The van der Waals surface area contributed by atoms with E-state index in [1.54, 1.807) is 6.08 Å². The van der Waals surface area contributed by atoms with Crippen LogP contribution in [0.3, 0.4) is 0 Å². The lowest BCUT2D eigenvalue weighted by molar-refractivity contribution is -0.127. The lowest BCUT2D eigenvalue weighted by Gasteiger charge is -2.53. The number of hydrogen-bond acceptors (Lipinski definition) is 3. The van der Waals surface area contributed by atoms with Gasteiger partial charge in [0.1, 0.15) is 11.6 Å². The van der Waals surface area contributed by atoms with Crippen molar-refractivity contribution in [1.29, 1.82) is 0 Å². The Morgan fingerprint density at radius 2 is 1.83 bits per heavy atom. The Morgan fingerprint density at radius 3 is 2.42 bits per heavy atom. The van der Waals surface area contributed by atoms with E-state index in [1.165, 1.54) is 11.8 Å². The molecule has 6 heteroatoms. The maximum Gasteiger partial charge on any atom is 0.256 e. The molecule has 24 heavy (non-hydrogen) atoms. The predicted octanol–water partition coefficient (Wildman–Crippen LogP) is 2.56. The summed E-state index contributed by atoms with van der Waals surface area (Å²) in [6.07, 6.45) is 2.30. The van der Waals surface area contributed by atoms with Gasteiger partial charge in [-0.2, -0.15) is 0 Å². The van der Waals surface area contributed by atoms with Crippen molar-refractivity contribution in [2.75, 3.05) is 13.1 Å². The summed E-state index contributed by atoms with van der Waals surface area (Å²) in [5.74, 6) is -1.97. The molecule has 0 radical (unpaired) electrons. The van der Waals surface area contributed by atoms with Crippen LogP contribution >= 0.6 is 0 Å².